The Labute approximate surface area is 104 Å². The van der Waals surface area contributed by atoms with Crippen LogP contribution in [0.4, 0.5) is 0 Å². The van der Waals surface area contributed by atoms with Crippen molar-refractivity contribution in [3.63, 3.8) is 0 Å². The lowest BCUT2D eigenvalue weighted by atomic mass is 10.1. The number of rotatable bonds is 6. The van der Waals surface area contributed by atoms with E-state index in [4.69, 9.17) is 10.00 Å². The Morgan fingerprint density at radius 3 is 2.76 bits per heavy atom. The highest BCUT2D eigenvalue weighted by molar-refractivity contribution is 5.37. The zero-order valence-corrected chi connectivity index (χ0v) is 11.0. The number of hydrogen-bond donors (Lipinski definition) is 0. The van der Waals surface area contributed by atoms with Gasteiger partial charge in [0.25, 0.3) is 0 Å². The van der Waals surface area contributed by atoms with Crippen LogP contribution in [0.5, 0.6) is 0 Å². The summed E-state index contributed by atoms with van der Waals surface area (Å²) < 4.78 is 5.71. The van der Waals surface area contributed by atoms with Gasteiger partial charge in [-0.1, -0.05) is 26.3 Å². The molecule has 92 valence electrons. The minimum Gasteiger partial charge on any atom is -0.376 e. The molecule has 1 unspecified atom stereocenters. The number of hydrogen-bond acceptors (Lipinski definition) is 2. The van der Waals surface area contributed by atoms with Gasteiger partial charge in [-0.05, 0) is 42.5 Å². The molecular weight excluding hydrogens is 210 g/mol. The van der Waals surface area contributed by atoms with E-state index in [0.717, 1.165) is 12.2 Å². The van der Waals surface area contributed by atoms with Crippen LogP contribution in [0.25, 0.3) is 0 Å². The standard InChI is InChI=1S/C15H21NO/c1-4-5-12(2)10-17-11-15-7-6-14(9-16)8-13(15)3/h6-8,12H,4-5,10-11H2,1-3H3. The lowest BCUT2D eigenvalue weighted by Gasteiger charge is -2.12. The Morgan fingerprint density at radius 1 is 1.41 bits per heavy atom. The molecule has 1 rings (SSSR count). The van der Waals surface area contributed by atoms with Gasteiger partial charge < -0.3 is 4.74 Å². The third-order valence-corrected chi connectivity index (χ3v) is 2.91. The first-order valence-electron chi connectivity index (χ1n) is 6.24. The molecule has 0 aliphatic rings. The van der Waals surface area contributed by atoms with E-state index in [-0.39, 0.29) is 0 Å². The van der Waals surface area contributed by atoms with Crippen LogP contribution in [0.1, 0.15) is 43.4 Å². The second kappa shape index (κ2) is 7.09. The summed E-state index contributed by atoms with van der Waals surface area (Å²) in [5.41, 5.74) is 3.02. The van der Waals surface area contributed by atoms with Gasteiger partial charge in [-0.3, -0.25) is 0 Å². The molecule has 0 amide bonds. The Kier molecular flexibility index (Phi) is 5.72. The first-order chi connectivity index (χ1) is 8.17. The minimum atomic E-state index is 0.624. The smallest absolute Gasteiger partial charge is 0.0991 e. The highest BCUT2D eigenvalue weighted by atomic mass is 16.5. The quantitative estimate of drug-likeness (QED) is 0.745. The number of ether oxygens (including phenoxy) is 1. The Balaban J connectivity index is 2.45. The van der Waals surface area contributed by atoms with Crippen LogP contribution in [0, 0.1) is 24.2 Å². The van der Waals surface area contributed by atoms with Gasteiger partial charge in [0.15, 0.2) is 0 Å². The van der Waals surface area contributed by atoms with Gasteiger partial charge in [0.05, 0.1) is 18.2 Å². The average molecular weight is 231 g/mol. The van der Waals surface area contributed by atoms with Gasteiger partial charge in [0, 0.05) is 6.61 Å². The maximum Gasteiger partial charge on any atom is 0.0991 e. The molecule has 0 spiro atoms. The summed E-state index contributed by atoms with van der Waals surface area (Å²) in [7, 11) is 0. The molecular formula is C15H21NO. The van der Waals surface area contributed by atoms with E-state index in [1.807, 2.05) is 25.1 Å². The van der Waals surface area contributed by atoms with Gasteiger partial charge in [-0.15, -0.1) is 0 Å². The van der Waals surface area contributed by atoms with Crippen LogP contribution < -0.4 is 0 Å². The maximum atomic E-state index is 8.78. The Bertz CT molecular complexity index is 392. The second-order valence-corrected chi connectivity index (χ2v) is 4.66. The van der Waals surface area contributed by atoms with Gasteiger partial charge in [-0.25, -0.2) is 0 Å². The highest BCUT2D eigenvalue weighted by Crippen LogP contribution is 2.13. The van der Waals surface area contributed by atoms with Crippen molar-refractivity contribution in [2.75, 3.05) is 6.61 Å². The number of nitriles is 1. The summed E-state index contributed by atoms with van der Waals surface area (Å²) in [6, 6.07) is 7.89. The highest BCUT2D eigenvalue weighted by Gasteiger charge is 2.03. The first-order valence-corrected chi connectivity index (χ1v) is 6.24. The van der Waals surface area contributed by atoms with E-state index in [0.29, 0.717) is 18.1 Å². The molecule has 0 fully saturated rings. The molecule has 0 aliphatic heterocycles. The van der Waals surface area contributed by atoms with Crippen molar-refractivity contribution in [2.24, 2.45) is 5.92 Å². The SMILES string of the molecule is CCCC(C)COCc1ccc(C#N)cc1C. The van der Waals surface area contributed by atoms with E-state index < -0.39 is 0 Å². The van der Waals surface area contributed by atoms with E-state index >= 15 is 0 Å². The normalized spacial score (nSPS) is 12.1. The molecule has 0 heterocycles. The molecule has 0 N–H and O–H groups in total. The molecule has 0 bridgehead atoms. The zero-order valence-electron chi connectivity index (χ0n) is 11.0. The largest absolute Gasteiger partial charge is 0.376 e. The van der Waals surface area contributed by atoms with Crippen molar-refractivity contribution >= 4 is 0 Å². The van der Waals surface area contributed by atoms with Gasteiger partial charge >= 0.3 is 0 Å². The van der Waals surface area contributed by atoms with Gasteiger partial charge in [-0.2, -0.15) is 5.26 Å². The monoisotopic (exact) mass is 231 g/mol. The fourth-order valence-corrected chi connectivity index (χ4v) is 1.87. The third-order valence-electron chi connectivity index (χ3n) is 2.91. The summed E-state index contributed by atoms with van der Waals surface area (Å²) >= 11 is 0. The molecule has 0 aromatic heterocycles. The molecule has 1 atom stereocenters. The second-order valence-electron chi connectivity index (χ2n) is 4.66. The third kappa shape index (κ3) is 4.58. The molecule has 17 heavy (non-hydrogen) atoms. The van der Waals surface area contributed by atoms with E-state index in [2.05, 4.69) is 19.9 Å². The van der Waals surface area contributed by atoms with E-state index in [9.17, 15) is 0 Å². The van der Waals surface area contributed by atoms with Crippen molar-refractivity contribution in [2.45, 2.75) is 40.2 Å². The molecule has 0 saturated carbocycles. The van der Waals surface area contributed by atoms with Crippen LogP contribution in [-0.2, 0) is 11.3 Å². The van der Waals surface area contributed by atoms with E-state index in [1.165, 1.54) is 18.4 Å². The predicted octanol–water partition coefficient (Wildman–Crippen LogP) is 3.82. The maximum absolute atomic E-state index is 8.78. The summed E-state index contributed by atoms with van der Waals surface area (Å²) in [5.74, 6) is 0.624. The summed E-state index contributed by atoms with van der Waals surface area (Å²) in [4.78, 5) is 0. The minimum absolute atomic E-state index is 0.624. The summed E-state index contributed by atoms with van der Waals surface area (Å²) in [6.07, 6.45) is 2.42. The van der Waals surface area contributed by atoms with Crippen molar-refractivity contribution in [3.05, 3.63) is 34.9 Å². The number of nitrogens with zero attached hydrogens (tertiary/aromatic N) is 1. The fourth-order valence-electron chi connectivity index (χ4n) is 1.87. The molecule has 2 nitrogen and oxygen atoms in total. The Hall–Kier alpha value is -1.33. The first kappa shape index (κ1) is 13.7. The summed E-state index contributed by atoms with van der Waals surface area (Å²) in [6.45, 7) is 7.89. The Morgan fingerprint density at radius 2 is 2.18 bits per heavy atom. The topological polar surface area (TPSA) is 33.0 Å². The van der Waals surface area contributed by atoms with Crippen LogP contribution in [0.15, 0.2) is 18.2 Å². The van der Waals surface area contributed by atoms with Crippen LogP contribution in [0.2, 0.25) is 0 Å². The summed E-state index contributed by atoms with van der Waals surface area (Å²) in [5, 5.41) is 8.78. The molecule has 2 heteroatoms. The fraction of sp³-hybridized carbons (Fsp3) is 0.533. The lowest BCUT2D eigenvalue weighted by Crippen LogP contribution is -2.06. The van der Waals surface area contributed by atoms with Gasteiger partial charge in [0.1, 0.15) is 0 Å². The predicted molar refractivity (Wildman–Crippen MR) is 69.6 cm³/mol. The number of benzene rings is 1. The molecule has 1 aromatic carbocycles. The molecule has 0 radical (unpaired) electrons. The van der Waals surface area contributed by atoms with Crippen molar-refractivity contribution < 1.29 is 4.74 Å². The van der Waals surface area contributed by atoms with Crippen LogP contribution in [0.3, 0.4) is 0 Å². The van der Waals surface area contributed by atoms with Crippen molar-refractivity contribution in [1.82, 2.24) is 0 Å². The van der Waals surface area contributed by atoms with Gasteiger partial charge in [0.2, 0.25) is 0 Å². The lowest BCUT2D eigenvalue weighted by molar-refractivity contribution is 0.0890. The molecule has 0 aliphatic carbocycles. The van der Waals surface area contributed by atoms with Crippen molar-refractivity contribution in [3.8, 4) is 6.07 Å². The van der Waals surface area contributed by atoms with Crippen molar-refractivity contribution in [1.29, 1.82) is 5.26 Å². The average Bonchev–Trinajstić information content (AvgIpc) is 2.31. The van der Waals surface area contributed by atoms with Crippen LogP contribution in [-0.4, -0.2) is 6.61 Å². The number of aryl methyl sites for hydroxylation is 1. The zero-order chi connectivity index (χ0) is 12.7. The van der Waals surface area contributed by atoms with E-state index in [1.54, 1.807) is 0 Å². The molecule has 1 aromatic rings. The molecule has 0 saturated heterocycles. The van der Waals surface area contributed by atoms with Crippen LogP contribution >= 0.6 is 0 Å².